The molecule has 2 N–H and O–H groups in total. The lowest BCUT2D eigenvalue weighted by molar-refractivity contribution is 0.112. The molecule has 0 aromatic heterocycles. The summed E-state index contributed by atoms with van der Waals surface area (Å²) in [5.74, 6) is 1.67. The van der Waals surface area contributed by atoms with Crippen molar-refractivity contribution in [1.82, 2.24) is 0 Å². The molecular weight excluding hydrogens is 399 g/mol. The summed E-state index contributed by atoms with van der Waals surface area (Å²) in [6.07, 6.45) is 13.6. The van der Waals surface area contributed by atoms with Crippen LogP contribution in [0.2, 0.25) is 0 Å². The smallest absolute Gasteiger partial charge is 0.328 e. The van der Waals surface area contributed by atoms with Crippen LogP contribution in [-0.2, 0) is 11.0 Å². The molecule has 30 heavy (non-hydrogen) atoms. The Balaban J connectivity index is 2.08. The lowest BCUT2D eigenvalue weighted by Gasteiger charge is -2.36. The van der Waals surface area contributed by atoms with Crippen LogP contribution >= 0.6 is 7.60 Å². The molecule has 0 radical (unpaired) electrons. The van der Waals surface area contributed by atoms with Crippen LogP contribution in [0, 0.1) is 20.8 Å². The van der Waals surface area contributed by atoms with E-state index in [1.807, 2.05) is 20.8 Å². The van der Waals surface area contributed by atoms with Gasteiger partial charge in [0, 0.05) is 5.56 Å². The molecular formula is C24H39O5P. The minimum absolute atomic E-state index is 0.00372. The zero-order chi connectivity index (χ0) is 22.4. The van der Waals surface area contributed by atoms with Gasteiger partial charge in [0.1, 0.15) is 17.1 Å². The van der Waals surface area contributed by atoms with Crippen LogP contribution in [0.1, 0.15) is 81.0 Å². The second kappa shape index (κ2) is 10.8. The lowest BCUT2D eigenvalue weighted by atomic mass is 9.86. The first-order valence-corrected chi connectivity index (χ1v) is 13.0. The highest BCUT2D eigenvalue weighted by atomic mass is 31.2. The second-order valence-electron chi connectivity index (χ2n) is 8.77. The van der Waals surface area contributed by atoms with Crippen LogP contribution in [0.4, 0.5) is 0 Å². The lowest BCUT2D eigenvalue weighted by Crippen LogP contribution is -2.35. The molecule has 1 aliphatic rings. The molecule has 1 aliphatic heterocycles. The van der Waals surface area contributed by atoms with Crippen molar-refractivity contribution in [1.29, 1.82) is 0 Å². The minimum atomic E-state index is -4.06. The fourth-order valence-electron chi connectivity index (χ4n) is 4.05. The van der Waals surface area contributed by atoms with Gasteiger partial charge in [-0.1, -0.05) is 38.7 Å². The molecule has 0 bridgehead atoms. The van der Waals surface area contributed by atoms with Gasteiger partial charge >= 0.3 is 7.60 Å². The summed E-state index contributed by atoms with van der Waals surface area (Å²) in [6, 6.07) is 0. The van der Waals surface area contributed by atoms with Crippen molar-refractivity contribution < 1.29 is 23.8 Å². The van der Waals surface area contributed by atoms with E-state index >= 15 is 0 Å². The molecule has 6 heteroatoms. The Hall–Kier alpha value is -1.29. The minimum Gasteiger partial charge on any atom is -0.492 e. The van der Waals surface area contributed by atoms with Crippen molar-refractivity contribution >= 4 is 7.60 Å². The predicted molar refractivity (Wildman–Crippen MR) is 123 cm³/mol. The van der Waals surface area contributed by atoms with Gasteiger partial charge in [-0.25, -0.2) is 0 Å². The summed E-state index contributed by atoms with van der Waals surface area (Å²) < 4.78 is 23.4. The highest BCUT2D eigenvalue weighted by molar-refractivity contribution is 7.51. The molecule has 5 nitrogen and oxygen atoms in total. The van der Waals surface area contributed by atoms with Crippen molar-refractivity contribution in [2.75, 3.05) is 12.8 Å². The van der Waals surface area contributed by atoms with Crippen LogP contribution in [0.25, 0.3) is 0 Å². The van der Waals surface area contributed by atoms with Crippen molar-refractivity contribution in [2.45, 2.75) is 91.6 Å². The maximum Gasteiger partial charge on any atom is 0.328 e. The molecule has 1 aromatic carbocycles. The Morgan fingerprint density at radius 1 is 1.10 bits per heavy atom. The number of fused-ring (bicyclic) bond motifs is 1. The quantitative estimate of drug-likeness (QED) is 0.245. The van der Waals surface area contributed by atoms with Gasteiger partial charge < -0.3 is 19.3 Å². The first kappa shape index (κ1) is 25.0. The van der Waals surface area contributed by atoms with Crippen molar-refractivity contribution in [2.24, 2.45) is 0 Å². The van der Waals surface area contributed by atoms with Crippen molar-refractivity contribution in [3.8, 4) is 11.5 Å². The van der Waals surface area contributed by atoms with Crippen LogP contribution in [0.15, 0.2) is 12.2 Å². The number of ether oxygens (including phenoxy) is 2. The third-order valence-corrected chi connectivity index (χ3v) is 6.86. The number of hydrogen-bond donors (Lipinski definition) is 2. The van der Waals surface area contributed by atoms with Gasteiger partial charge in [0.2, 0.25) is 0 Å². The summed E-state index contributed by atoms with van der Waals surface area (Å²) in [4.78, 5) is 18.2. The Morgan fingerprint density at radius 3 is 2.47 bits per heavy atom. The summed E-state index contributed by atoms with van der Waals surface area (Å²) in [5, 5.41) is 0. The van der Waals surface area contributed by atoms with Gasteiger partial charge in [0.15, 0.2) is 0 Å². The first-order valence-electron chi connectivity index (χ1n) is 11.2. The molecule has 0 fully saturated rings. The Bertz CT molecular complexity index is 796. The topological polar surface area (TPSA) is 76.0 Å². The summed E-state index contributed by atoms with van der Waals surface area (Å²) in [5.41, 5.74) is 3.88. The molecule has 2 rings (SSSR count). The average Bonchev–Trinajstić information content (AvgIpc) is 2.67. The van der Waals surface area contributed by atoms with Gasteiger partial charge in [-0.3, -0.25) is 4.57 Å². The molecule has 170 valence electrons. The number of hydrogen-bond acceptors (Lipinski definition) is 3. The van der Waals surface area contributed by atoms with Crippen LogP contribution < -0.4 is 9.47 Å². The normalized spacial score (nSPS) is 19.0. The van der Waals surface area contributed by atoms with Gasteiger partial charge in [-0.15, -0.1) is 0 Å². The van der Waals surface area contributed by atoms with E-state index in [4.69, 9.17) is 19.3 Å². The fourth-order valence-corrected chi connectivity index (χ4v) is 4.38. The largest absolute Gasteiger partial charge is 0.492 e. The van der Waals surface area contributed by atoms with E-state index in [1.165, 1.54) is 32.1 Å². The molecule has 1 aromatic rings. The molecule has 1 atom stereocenters. The zero-order valence-corrected chi connectivity index (χ0v) is 20.2. The summed E-state index contributed by atoms with van der Waals surface area (Å²) >= 11 is 0. The van der Waals surface area contributed by atoms with E-state index in [2.05, 4.69) is 26.0 Å². The number of unbranched alkanes of at least 4 members (excludes halogenated alkanes) is 5. The maximum absolute atomic E-state index is 11.1. The molecule has 1 heterocycles. The molecule has 0 spiro atoms. The molecule has 0 saturated heterocycles. The zero-order valence-electron chi connectivity index (χ0n) is 19.3. The van der Waals surface area contributed by atoms with Crippen molar-refractivity contribution in [3.05, 3.63) is 34.4 Å². The van der Waals surface area contributed by atoms with Crippen LogP contribution in [0.5, 0.6) is 11.5 Å². The van der Waals surface area contributed by atoms with E-state index in [1.54, 1.807) is 0 Å². The summed E-state index contributed by atoms with van der Waals surface area (Å²) in [7, 11) is -4.06. The van der Waals surface area contributed by atoms with Crippen molar-refractivity contribution in [3.63, 3.8) is 0 Å². The van der Waals surface area contributed by atoms with Gasteiger partial charge in [-0.2, -0.15) is 0 Å². The number of rotatable bonds is 11. The maximum atomic E-state index is 11.1. The third-order valence-electron chi connectivity index (χ3n) is 6.09. The number of allylic oxidation sites excluding steroid dienone is 1. The molecule has 1 unspecified atom stereocenters. The first-order chi connectivity index (χ1) is 14.1. The SMILES string of the molecule is CCCCCCC/C=C/C1(C)CCc2c(C)c(OCCP(=O)(O)O)c(C)c(C)c2O1. The van der Waals surface area contributed by atoms with Gasteiger partial charge in [0.25, 0.3) is 0 Å². The molecule has 0 aliphatic carbocycles. The van der Waals surface area contributed by atoms with E-state index in [-0.39, 0.29) is 18.4 Å². The average molecular weight is 439 g/mol. The predicted octanol–water partition coefficient (Wildman–Crippen LogP) is 6.17. The third kappa shape index (κ3) is 6.87. The number of benzene rings is 1. The molecule has 0 saturated carbocycles. The fraction of sp³-hybridized carbons (Fsp3) is 0.667. The second-order valence-corrected chi connectivity index (χ2v) is 10.5. The molecule has 0 amide bonds. The highest BCUT2D eigenvalue weighted by Gasteiger charge is 2.33. The van der Waals surface area contributed by atoms with E-state index in [0.29, 0.717) is 0 Å². The van der Waals surface area contributed by atoms with Gasteiger partial charge in [-0.05, 0) is 76.1 Å². The van der Waals surface area contributed by atoms with E-state index in [0.717, 1.165) is 53.0 Å². The van der Waals surface area contributed by atoms with Crippen LogP contribution in [0.3, 0.4) is 0 Å². The summed E-state index contributed by atoms with van der Waals surface area (Å²) in [6.45, 7) is 10.4. The Labute approximate surface area is 182 Å². The van der Waals surface area contributed by atoms with Gasteiger partial charge in [0.05, 0.1) is 12.8 Å². The van der Waals surface area contributed by atoms with E-state index < -0.39 is 7.60 Å². The Morgan fingerprint density at radius 2 is 1.80 bits per heavy atom. The standard InChI is InChI=1S/C24H39O5P/c1-6-7-8-9-10-11-12-14-24(5)15-13-21-20(4)22(28-16-17-30(25,26)27)18(2)19(3)23(21)29-24/h12,14H,6-11,13,15-17H2,1-5H3,(H2,25,26,27)/b14-12+. The van der Waals surface area contributed by atoms with Crippen LogP contribution in [-0.4, -0.2) is 28.2 Å². The van der Waals surface area contributed by atoms with E-state index in [9.17, 15) is 4.57 Å². The highest BCUT2D eigenvalue weighted by Crippen LogP contribution is 2.44. The Kier molecular flexibility index (Phi) is 9.02. The monoisotopic (exact) mass is 438 g/mol.